The van der Waals surface area contributed by atoms with Crippen LogP contribution in [0.25, 0.3) is 16.8 Å². The van der Waals surface area contributed by atoms with Gasteiger partial charge in [-0.15, -0.1) is 0 Å². The zero-order chi connectivity index (χ0) is 46.5. The van der Waals surface area contributed by atoms with Crippen LogP contribution in [0.1, 0.15) is 82.4 Å². The van der Waals surface area contributed by atoms with E-state index in [4.69, 9.17) is 23.8 Å². The lowest BCUT2D eigenvalue weighted by atomic mass is 9.78. The van der Waals surface area contributed by atoms with Gasteiger partial charge in [-0.05, 0) is 44.6 Å². The van der Waals surface area contributed by atoms with Gasteiger partial charge >= 0.3 is 11.8 Å². The normalized spacial score (nSPS) is 28.6. The Morgan fingerprint density at radius 1 is 0.921 bits per heavy atom. The van der Waals surface area contributed by atoms with E-state index in [1.807, 2.05) is 30.3 Å². The number of phenols is 3. The number of hydrogen-bond acceptors (Lipinski definition) is 14. The maximum Gasteiger partial charge on any atom is 0.312 e. The van der Waals surface area contributed by atoms with E-state index in [-0.39, 0.29) is 51.1 Å². The van der Waals surface area contributed by atoms with Crippen molar-refractivity contribution in [1.82, 2.24) is 0 Å². The van der Waals surface area contributed by atoms with Crippen molar-refractivity contribution in [2.45, 2.75) is 99.1 Å². The fourth-order valence-corrected chi connectivity index (χ4v) is 7.93. The number of amides is 1. The third kappa shape index (κ3) is 10.1. The first-order valence-corrected chi connectivity index (χ1v) is 20.7. The molecule has 15 heteroatoms. The maximum absolute atomic E-state index is 14.5. The van der Waals surface area contributed by atoms with Crippen LogP contribution in [0.15, 0.2) is 77.7 Å². The highest BCUT2D eigenvalue weighted by molar-refractivity contribution is 6.23. The van der Waals surface area contributed by atoms with Crippen molar-refractivity contribution in [1.29, 1.82) is 0 Å². The Bertz CT molecular complexity index is 2370. The lowest BCUT2D eigenvalue weighted by molar-refractivity contribution is -0.160. The van der Waals surface area contributed by atoms with Crippen LogP contribution >= 0.6 is 0 Å². The molecule has 63 heavy (non-hydrogen) atoms. The molecule has 1 amide bonds. The second kappa shape index (κ2) is 19.9. The van der Waals surface area contributed by atoms with Crippen LogP contribution in [0.5, 0.6) is 23.0 Å². The van der Waals surface area contributed by atoms with Gasteiger partial charge in [-0.25, -0.2) is 0 Å². The largest absolute Gasteiger partial charge is 0.507 e. The minimum atomic E-state index is -2.07. The summed E-state index contributed by atoms with van der Waals surface area (Å²) in [5.41, 5.74) is 0.758. The van der Waals surface area contributed by atoms with Gasteiger partial charge < -0.3 is 54.6 Å². The van der Waals surface area contributed by atoms with Crippen LogP contribution in [0.3, 0.4) is 0 Å². The number of anilines is 1. The molecule has 5 bridgehead atoms. The molecule has 15 nitrogen and oxygen atoms in total. The first-order valence-electron chi connectivity index (χ1n) is 20.7. The van der Waals surface area contributed by atoms with Crippen molar-refractivity contribution in [3.8, 4) is 23.0 Å². The number of nitrogens with one attached hydrogen (secondary N) is 1. The Balaban J connectivity index is 1.68. The summed E-state index contributed by atoms with van der Waals surface area (Å²) in [7, 11) is 1.43. The van der Waals surface area contributed by atoms with Crippen LogP contribution < -0.4 is 10.1 Å². The van der Waals surface area contributed by atoms with E-state index in [9.17, 15) is 39.9 Å². The smallest absolute Gasteiger partial charge is 0.312 e. The number of carbonyl (C=O) groups excluding carboxylic acids is 3. The number of benzene rings is 3. The molecule has 3 heterocycles. The molecule has 0 spiro atoms. The molecule has 3 aliphatic heterocycles. The number of Topliss-reactive ketones (excluding diaryl/α,β-unsaturated/α-hetero) is 1. The lowest BCUT2D eigenvalue weighted by Crippen LogP contribution is -2.46. The number of oxime groups is 1. The number of carbonyl (C=O) groups is 3. The van der Waals surface area contributed by atoms with E-state index < -0.39 is 88.8 Å². The number of aliphatic hydroxyl groups excluding tert-OH is 2. The Hall–Kier alpha value is -6.16. The first-order chi connectivity index (χ1) is 29.7. The quantitative estimate of drug-likeness (QED) is 0.0450. The van der Waals surface area contributed by atoms with Gasteiger partial charge in [0.05, 0.1) is 46.9 Å². The summed E-state index contributed by atoms with van der Waals surface area (Å²) < 4.78 is 23.6. The predicted molar refractivity (Wildman–Crippen MR) is 237 cm³/mol. The van der Waals surface area contributed by atoms with Crippen LogP contribution in [0.2, 0.25) is 0 Å². The fraction of sp³-hybridized carbons (Fsp3) is 0.417. The van der Waals surface area contributed by atoms with Crippen molar-refractivity contribution < 1.29 is 63.7 Å². The Morgan fingerprint density at radius 3 is 2.25 bits per heavy atom. The predicted octanol–water partition coefficient (Wildman–Crippen LogP) is 7.36. The van der Waals surface area contributed by atoms with Gasteiger partial charge in [0.25, 0.3) is 11.7 Å². The first kappa shape index (κ1) is 47.9. The van der Waals surface area contributed by atoms with Crippen LogP contribution in [-0.4, -0.2) is 86.2 Å². The number of allylic oxidation sites excluding steroid dienone is 3. The van der Waals surface area contributed by atoms with Crippen molar-refractivity contribution >= 4 is 45.9 Å². The van der Waals surface area contributed by atoms with Crippen molar-refractivity contribution in [2.75, 3.05) is 12.4 Å². The number of ketones is 1. The van der Waals surface area contributed by atoms with E-state index in [1.54, 1.807) is 46.8 Å². The number of aliphatic hydroxyl groups is 2. The minimum absolute atomic E-state index is 0.0356. The van der Waals surface area contributed by atoms with Gasteiger partial charge in [0.1, 0.15) is 30.0 Å². The van der Waals surface area contributed by atoms with Crippen LogP contribution in [0.4, 0.5) is 5.69 Å². The summed E-state index contributed by atoms with van der Waals surface area (Å²) >= 11 is 0. The summed E-state index contributed by atoms with van der Waals surface area (Å²) in [5.74, 6) is -8.59. The molecule has 9 unspecified atom stereocenters. The van der Waals surface area contributed by atoms with Gasteiger partial charge in [0.2, 0.25) is 0 Å². The molecular formula is C48H58N2O13. The number of esters is 1. The number of methoxy groups -OCH3 is 1. The summed E-state index contributed by atoms with van der Waals surface area (Å²) in [5, 5.41) is 64.8. The molecule has 3 aliphatic rings. The molecule has 3 aromatic carbocycles. The summed E-state index contributed by atoms with van der Waals surface area (Å²) in [4.78, 5) is 46.2. The Morgan fingerprint density at radius 2 is 1.60 bits per heavy atom. The topological polar surface area (TPSA) is 223 Å². The summed E-state index contributed by atoms with van der Waals surface area (Å²) in [6, 6.07) is 9.36. The van der Waals surface area contributed by atoms with Crippen molar-refractivity contribution in [3.63, 3.8) is 0 Å². The average molecular weight is 871 g/mol. The molecule has 0 saturated carbocycles. The van der Waals surface area contributed by atoms with Gasteiger partial charge in [0.15, 0.2) is 5.75 Å². The van der Waals surface area contributed by atoms with E-state index in [2.05, 4.69) is 10.5 Å². The summed E-state index contributed by atoms with van der Waals surface area (Å²) in [6.45, 7) is 14.3. The van der Waals surface area contributed by atoms with Crippen LogP contribution in [-0.2, 0) is 35.2 Å². The second-order valence-electron chi connectivity index (χ2n) is 16.4. The summed E-state index contributed by atoms with van der Waals surface area (Å²) in [6.07, 6.45) is 6.29. The molecule has 0 radical (unpaired) electrons. The fourth-order valence-electron chi connectivity index (χ4n) is 7.93. The number of aromatic hydroxyl groups is 3. The number of hydrogen-bond donors (Lipinski definition) is 6. The van der Waals surface area contributed by atoms with Gasteiger partial charge in [-0.1, -0.05) is 81.4 Å². The molecule has 3 aromatic rings. The number of phenolic OH excluding ortho intramolecular Hbond substituents is 3. The van der Waals surface area contributed by atoms with Gasteiger partial charge in [-0.2, -0.15) is 0 Å². The van der Waals surface area contributed by atoms with E-state index in [0.717, 1.165) is 5.56 Å². The van der Waals surface area contributed by atoms with E-state index in [1.165, 1.54) is 65.4 Å². The molecule has 0 aromatic heterocycles. The number of ether oxygens (including phenoxy) is 4. The van der Waals surface area contributed by atoms with Crippen molar-refractivity contribution in [2.24, 2.45) is 28.8 Å². The second-order valence-corrected chi connectivity index (χ2v) is 16.4. The highest BCUT2D eigenvalue weighted by atomic mass is 16.7. The Kier molecular flexibility index (Phi) is 15.1. The monoisotopic (exact) mass is 870 g/mol. The third-order valence-corrected chi connectivity index (χ3v) is 11.8. The number of nitrogens with zero attached hydrogens (tertiary/aromatic N) is 1. The zero-order valence-corrected chi connectivity index (χ0v) is 37.2. The molecular weight excluding hydrogens is 813 g/mol. The lowest BCUT2D eigenvalue weighted by Gasteiger charge is -2.38. The van der Waals surface area contributed by atoms with Gasteiger partial charge in [-0.3, -0.25) is 14.4 Å². The minimum Gasteiger partial charge on any atom is -0.507 e. The average Bonchev–Trinajstić information content (AvgIpc) is 3.52. The molecule has 338 valence electrons. The maximum atomic E-state index is 14.5. The highest BCUT2D eigenvalue weighted by Gasteiger charge is 2.50. The number of fused-ring (bicyclic) bond motifs is 14. The van der Waals surface area contributed by atoms with Crippen molar-refractivity contribution in [3.05, 3.63) is 94.8 Å². The van der Waals surface area contributed by atoms with Crippen LogP contribution in [0, 0.1) is 30.6 Å². The van der Waals surface area contributed by atoms with Gasteiger partial charge in [0, 0.05) is 66.7 Å². The highest BCUT2D eigenvalue weighted by Crippen LogP contribution is 2.55. The van der Waals surface area contributed by atoms with E-state index in [0.29, 0.717) is 5.71 Å². The molecule has 0 fully saturated rings. The standard InChI is InChI=1S/C48H58N2O13/c1-24-15-14-16-25(2)47(58)49-38-33(20-19-26(3)50-61-23-32-17-12-11-13-18-32)42(55)35-36(43(38)56)41(54)30(7)45-37(35)46(57)48(9,63-45)60-22-21-34(59-10)27(4)44(62-31(8)51)29(6)40(53)28(5)39(24)52/h11-22,24,27-29,34,39-40,44,52-56H,23H2,1-10H3,(H,49,58)/b15-14-,20-19-,22-21?,25-16-,50-26-. The molecule has 0 aliphatic carbocycles. The number of rotatable bonds is 7. The molecule has 6 rings (SSSR count). The molecule has 6 N–H and O–H groups in total. The molecule has 9 atom stereocenters. The zero-order valence-electron chi connectivity index (χ0n) is 37.2. The molecule has 0 saturated heterocycles. The SMILES string of the molecule is COC1C=COC2(C)Oc3c(C)c(O)c4c(O)c(c(/C=C\C(C)=N/OCc5ccccc5)c(O)c4c3C2=O)NC(=O)/C(C)=C\C=C/C(C)C(O)C(C)C(O)C(C)C(OC(C)=O)C1C. The third-order valence-electron chi connectivity index (χ3n) is 11.8. The Labute approximate surface area is 367 Å². The van der Waals surface area contributed by atoms with E-state index >= 15 is 0 Å².